The Labute approximate surface area is 367 Å². The molecule has 3 aromatic heterocycles. The smallest absolute Gasteiger partial charge is 0.250 e. The molecule has 2 aliphatic rings. The Hall–Kier alpha value is -5.74. The van der Waals surface area contributed by atoms with Gasteiger partial charge in [0.2, 0.25) is 29.7 Å². The number of aliphatic hydroxyl groups excluding tert-OH is 1. The van der Waals surface area contributed by atoms with E-state index in [4.69, 9.17) is 52.8 Å². The molecule has 0 saturated carbocycles. The maximum atomic E-state index is 13.8. The lowest BCUT2D eigenvalue weighted by atomic mass is 10.1. The summed E-state index contributed by atoms with van der Waals surface area (Å²) in [6.07, 6.45) is 11.5. The Bertz CT molecular complexity index is 1920. The summed E-state index contributed by atoms with van der Waals surface area (Å²) in [7, 11) is 0. The number of terminal acetylenes is 1. The van der Waals surface area contributed by atoms with Crippen LogP contribution in [0.3, 0.4) is 0 Å². The number of carbonyl (C=O) groups excluding carboxylic acids is 2. The lowest BCUT2D eigenvalue weighted by molar-refractivity contribution is -0.138. The number of guanidine groups is 1. The van der Waals surface area contributed by atoms with Crippen molar-refractivity contribution in [2.24, 2.45) is 22.2 Å². The molecule has 2 fully saturated rings. The first-order chi connectivity index (χ1) is 30.6. The number of nitrogens with zero attached hydrogens (tertiary/aromatic N) is 14. The van der Waals surface area contributed by atoms with Crippen LogP contribution in [0.4, 0.5) is 17.8 Å². The summed E-state index contributed by atoms with van der Waals surface area (Å²) < 4.78 is 19.5. The van der Waals surface area contributed by atoms with E-state index in [1.807, 2.05) is 21.6 Å². The third-order valence-corrected chi connectivity index (χ3v) is 10.5. The van der Waals surface area contributed by atoms with E-state index in [1.165, 1.54) is 4.68 Å². The second-order valence-corrected chi connectivity index (χ2v) is 15.2. The highest BCUT2D eigenvalue weighted by molar-refractivity contribution is 5.81. The second-order valence-electron chi connectivity index (χ2n) is 15.2. The average Bonchev–Trinajstić information content (AvgIpc) is 3.96. The average molecular weight is 881 g/mol. The molecular formula is C39H64N18O6. The number of rotatable bonds is 26. The predicted octanol–water partition coefficient (Wildman–Crippen LogP) is -2.18. The van der Waals surface area contributed by atoms with Gasteiger partial charge in [-0.2, -0.15) is 15.0 Å². The molecule has 346 valence electrons. The summed E-state index contributed by atoms with van der Waals surface area (Å²) in [5.74, 6) is 3.44. The largest absolute Gasteiger partial charge is 0.391 e. The Morgan fingerprint density at radius 3 is 1.94 bits per heavy atom. The van der Waals surface area contributed by atoms with Gasteiger partial charge in [0.05, 0.1) is 50.5 Å². The van der Waals surface area contributed by atoms with Crippen LogP contribution in [-0.2, 0) is 36.6 Å². The molecule has 2 aliphatic heterocycles. The number of amides is 2. The Morgan fingerprint density at radius 2 is 1.35 bits per heavy atom. The fourth-order valence-electron chi connectivity index (χ4n) is 6.98. The summed E-state index contributed by atoms with van der Waals surface area (Å²) in [5.41, 5.74) is 18.0. The lowest BCUT2D eigenvalue weighted by Gasteiger charge is -2.38. The summed E-state index contributed by atoms with van der Waals surface area (Å²) in [5, 5.41) is 30.8. The van der Waals surface area contributed by atoms with Crippen molar-refractivity contribution < 1.29 is 28.9 Å². The zero-order chi connectivity index (χ0) is 45.0. The molecule has 0 radical (unpaired) electrons. The maximum Gasteiger partial charge on any atom is 0.250 e. The van der Waals surface area contributed by atoms with Gasteiger partial charge in [0.15, 0.2) is 12.0 Å². The van der Waals surface area contributed by atoms with Crippen molar-refractivity contribution in [2.75, 3.05) is 127 Å². The molecule has 0 aromatic carbocycles. The van der Waals surface area contributed by atoms with Gasteiger partial charge >= 0.3 is 0 Å². The maximum absolute atomic E-state index is 13.8. The molecule has 0 spiro atoms. The summed E-state index contributed by atoms with van der Waals surface area (Å²) in [6, 6.07) is -1.46. The van der Waals surface area contributed by atoms with Crippen LogP contribution < -0.4 is 32.3 Å². The monoisotopic (exact) mass is 881 g/mol. The van der Waals surface area contributed by atoms with Crippen molar-refractivity contribution in [3.63, 3.8) is 0 Å². The first kappa shape index (κ1) is 48.3. The van der Waals surface area contributed by atoms with Gasteiger partial charge in [-0.1, -0.05) is 16.3 Å². The van der Waals surface area contributed by atoms with Gasteiger partial charge in [0.25, 0.3) is 0 Å². The Balaban J connectivity index is 1.19. The molecule has 3 aromatic rings. The second kappa shape index (κ2) is 25.4. The van der Waals surface area contributed by atoms with E-state index in [9.17, 15) is 14.7 Å². The molecule has 24 nitrogen and oxygen atoms in total. The molecule has 8 N–H and O–H groups in total. The topological polar surface area (TPSA) is 298 Å². The number of aryl methyl sites for hydroxylation is 2. The summed E-state index contributed by atoms with van der Waals surface area (Å²) >= 11 is 0. The fourth-order valence-corrected chi connectivity index (χ4v) is 6.98. The highest BCUT2D eigenvalue weighted by Crippen LogP contribution is 2.23. The highest BCUT2D eigenvalue weighted by atomic mass is 16.5. The van der Waals surface area contributed by atoms with E-state index >= 15 is 0 Å². The van der Waals surface area contributed by atoms with Crippen LogP contribution in [0.25, 0.3) is 0 Å². The van der Waals surface area contributed by atoms with Gasteiger partial charge in [-0.15, -0.1) is 16.6 Å². The summed E-state index contributed by atoms with van der Waals surface area (Å²) in [4.78, 5) is 53.4. The molecule has 63 heavy (non-hydrogen) atoms. The van der Waals surface area contributed by atoms with E-state index < -0.39 is 18.2 Å². The Morgan fingerprint density at radius 1 is 0.794 bits per heavy atom. The van der Waals surface area contributed by atoms with Crippen molar-refractivity contribution in [2.45, 2.75) is 64.1 Å². The number of ether oxygens (including phenoxy) is 3. The van der Waals surface area contributed by atoms with Crippen molar-refractivity contribution in [1.82, 2.24) is 54.7 Å². The molecule has 2 saturated heterocycles. The summed E-state index contributed by atoms with van der Waals surface area (Å²) in [6.45, 7) is 10.7. The van der Waals surface area contributed by atoms with Crippen LogP contribution >= 0.6 is 0 Å². The van der Waals surface area contributed by atoms with Gasteiger partial charge in [0.1, 0.15) is 12.6 Å². The van der Waals surface area contributed by atoms with Gasteiger partial charge in [-0.3, -0.25) is 14.6 Å². The fraction of sp³-hybridized carbons (Fsp3) is 0.692. The minimum absolute atomic E-state index is 0.0473. The number of nitrogens with two attached hydrogens (primary N) is 3. The SMILES string of the molecule is C#CCOCCOCCOCCNc1nc(N2CCN(C(=O)[C@H]([C@@H](C)O)n3cc(CCCCN)nn3)CC2)nc(N2CCN(C(=O)[C@H](C)n3cc(CCCN=C(N)N)nn3)CC2)n1. The number of anilines is 3. The molecule has 2 amide bonds. The van der Waals surface area contributed by atoms with Crippen molar-refractivity contribution in [1.29, 1.82) is 0 Å². The molecule has 24 heteroatoms. The van der Waals surface area contributed by atoms with Crippen LogP contribution in [0.5, 0.6) is 0 Å². The number of piperazine rings is 2. The van der Waals surface area contributed by atoms with Gasteiger partial charge in [-0.25, -0.2) is 9.36 Å². The number of nitrogens with one attached hydrogen (secondary N) is 1. The molecular weight excluding hydrogens is 817 g/mol. The number of aromatic nitrogens is 9. The lowest BCUT2D eigenvalue weighted by Crippen LogP contribution is -2.52. The molecule has 3 atom stereocenters. The van der Waals surface area contributed by atoms with E-state index in [1.54, 1.807) is 28.9 Å². The predicted molar refractivity (Wildman–Crippen MR) is 234 cm³/mol. The minimum Gasteiger partial charge on any atom is -0.391 e. The number of aliphatic imine (C=N–C) groups is 1. The highest BCUT2D eigenvalue weighted by Gasteiger charge is 2.34. The molecule has 5 rings (SSSR count). The number of carbonyl (C=O) groups is 2. The van der Waals surface area contributed by atoms with Crippen LogP contribution in [0, 0.1) is 12.3 Å². The zero-order valence-electron chi connectivity index (χ0n) is 36.5. The normalized spacial score (nSPS) is 15.8. The van der Waals surface area contributed by atoms with Gasteiger partial charge in [-0.05, 0) is 52.5 Å². The standard InChI is InChI=1S/C39H64N18O6/c1-4-21-61-23-25-63-26-24-62-22-12-44-37-45-38(54-17-13-52(14-18-54)34(59)29(2)56-27-32(48-50-56)9-7-11-43-36(41)42)47-39(46-37)55-19-15-53(16-20-55)35(60)33(30(3)58)57-28-31(49-51-57)8-5-6-10-40/h1,27-30,33,58H,5-26,40H2,2-3H3,(H4,41,42,43)(H,44,45,46,47)/t29-,30+,33-/m0/s1. The molecule has 0 unspecified atom stereocenters. The van der Waals surface area contributed by atoms with E-state index in [0.717, 1.165) is 24.2 Å². The van der Waals surface area contributed by atoms with Crippen LogP contribution in [-0.4, -0.2) is 195 Å². The first-order valence-electron chi connectivity index (χ1n) is 21.6. The van der Waals surface area contributed by atoms with Gasteiger partial charge < -0.3 is 61.4 Å². The first-order valence-corrected chi connectivity index (χ1v) is 21.6. The quantitative estimate of drug-likeness (QED) is 0.0248. The van der Waals surface area contributed by atoms with Crippen LogP contribution in [0.1, 0.15) is 56.6 Å². The third kappa shape index (κ3) is 14.9. The number of hydrogen-bond acceptors (Lipinski definition) is 18. The molecule has 0 bridgehead atoms. The van der Waals surface area contributed by atoms with Gasteiger partial charge in [0, 0.05) is 77.8 Å². The molecule has 0 aliphatic carbocycles. The zero-order valence-corrected chi connectivity index (χ0v) is 36.5. The van der Waals surface area contributed by atoms with Crippen molar-refractivity contribution in [3.8, 4) is 12.3 Å². The number of hydrogen-bond donors (Lipinski definition) is 5. The Kier molecular flexibility index (Phi) is 19.5. The number of aliphatic hydroxyl groups is 1. The van der Waals surface area contributed by atoms with Crippen LogP contribution in [0.15, 0.2) is 17.4 Å². The van der Waals surface area contributed by atoms with E-state index in [-0.39, 0.29) is 24.4 Å². The van der Waals surface area contributed by atoms with Crippen LogP contribution in [0.2, 0.25) is 0 Å². The number of unbranched alkanes of at least 4 members (excludes halogenated alkanes) is 1. The van der Waals surface area contributed by atoms with E-state index in [2.05, 4.69) is 36.9 Å². The van der Waals surface area contributed by atoms with E-state index in [0.29, 0.717) is 142 Å². The minimum atomic E-state index is -0.989. The third-order valence-electron chi connectivity index (χ3n) is 10.5. The molecule has 5 heterocycles. The van der Waals surface area contributed by atoms with Crippen molar-refractivity contribution in [3.05, 3.63) is 23.8 Å². The van der Waals surface area contributed by atoms with Crippen molar-refractivity contribution >= 4 is 35.6 Å².